The molecule has 19 heavy (non-hydrogen) atoms. The molecule has 3 aromatic rings. The first-order chi connectivity index (χ1) is 9.08. The van der Waals surface area contributed by atoms with Gasteiger partial charge in [0.1, 0.15) is 11.2 Å². The molecule has 0 saturated heterocycles. The first kappa shape index (κ1) is 11.7. The fourth-order valence-corrected chi connectivity index (χ4v) is 2.21. The highest BCUT2D eigenvalue weighted by Gasteiger charge is 2.13. The maximum atomic E-state index is 12.3. The molecule has 5 nitrogen and oxygen atoms in total. The fraction of sp³-hybridized carbons (Fsp3) is 0. The van der Waals surface area contributed by atoms with E-state index in [-0.39, 0.29) is 27.5 Å². The third-order valence-electron chi connectivity index (χ3n) is 2.84. The van der Waals surface area contributed by atoms with Gasteiger partial charge in [-0.1, -0.05) is 17.7 Å². The molecule has 6 heteroatoms. The van der Waals surface area contributed by atoms with Crippen molar-refractivity contribution in [3.63, 3.8) is 0 Å². The van der Waals surface area contributed by atoms with Gasteiger partial charge in [-0.25, -0.2) is 0 Å². The predicted octanol–water partition coefficient (Wildman–Crippen LogP) is 3.51. The highest BCUT2D eigenvalue weighted by atomic mass is 35.5. The Labute approximate surface area is 111 Å². The number of non-ortho nitro benzene ring substituents is 1. The SMILES string of the molecule is O=c1c2ccc([N+](=O)[O-])cc2oc2cccc(Cl)c12. The van der Waals surface area contributed by atoms with Crippen LogP contribution in [-0.4, -0.2) is 4.92 Å². The zero-order chi connectivity index (χ0) is 13.6. The van der Waals surface area contributed by atoms with Crippen LogP contribution < -0.4 is 5.43 Å². The second-order valence-electron chi connectivity index (χ2n) is 3.98. The second-order valence-corrected chi connectivity index (χ2v) is 4.39. The van der Waals surface area contributed by atoms with Gasteiger partial charge in [0.2, 0.25) is 5.43 Å². The molecule has 0 radical (unpaired) electrons. The molecule has 0 atom stereocenters. The Balaban J connectivity index is 2.50. The van der Waals surface area contributed by atoms with Crippen molar-refractivity contribution in [2.24, 2.45) is 0 Å². The Morgan fingerprint density at radius 2 is 1.95 bits per heavy atom. The van der Waals surface area contributed by atoms with Crippen LogP contribution in [-0.2, 0) is 0 Å². The van der Waals surface area contributed by atoms with Crippen molar-refractivity contribution in [1.82, 2.24) is 0 Å². The third-order valence-corrected chi connectivity index (χ3v) is 3.16. The van der Waals surface area contributed by atoms with E-state index >= 15 is 0 Å². The quantitative estimate of drug-likeness (QED) is 0.387. The van der Waals surface area contributed by atoms with E-state index in [4.69, 9.17) is 16.0 Å². The molecule has 0 aliphatic rings. The van der Waals surface area contributed by atoms with Crippen molar-refractivity contribution in [3.05, 3.63) is 61.8 Å². The molecule has 0 bridgehead atoms. The molecule has 2 aromatic carbocycles. The van der Waals surface area contributed by atoms with Crippen LogP contribution in [0.5, 0.6) is 0 Å². The highest BCUT2D eigenvalue weighted by Crippen LogP contribution is 2.26. The molecule has 0 unspecified atom stereocenters. The van der Waals surface area contributed by atoms with Gasteiger partial charge in [0, 0.05) is 6.07 Å². The lowest BCUT2D eigenvalue weighted by Gasteiger charge is -2.02. The summed E-state index contributed by atoms with van der Waals surface area (Å²) in [6.07, 6.45) is 0. The van der Waals surface area contributed by atoms with Gasteiger partial charge in [0.05, 0.1) is 26.8 Å². The number of fused-ring (bicyclic) bond motifs is 2. The Morgan fingerprint density at radius 1 is 1.16 bits per heavy atom. The van der Waals surface area contributed by atoms with E-state index < -0.39 is 4.92 Å². The monoisotopic (exact) mass is 275 g/mol. The van der Waals surface area contributed by atoms with Crippen molar-refractivity contribution in [2.45, 2.75) is 0 Å². The van der Waals surface area contributed by atoms with Crippen molar-refractivity contribution >= 4 is 39.2 Å². The van der Waals surface area contributed by atoms with Crippen LogP contribution >= 0.6 is 11.6 Å². The Bertz CT molecular complexity index is 885. The van der Waals surface area contributed by atoms with Crippen molar-refractivity contribution in [3.8, 4) is 0 Å². The lowest BCUT2D eigenvalue weighted by molar-refractivity contribution is -0.384. The van der Waals surface area contributed by atoms with Gasteiger partial charge in [-0.2, -0.15) is 0 Å². The van der Waals surface area contributed by atoms with Gasteiger partial charge in [0.15, 0.2) is 0 Å². The summed E-state index contributed by atoms with van der Waals surface area (Å²) in [6, 6.07) is 8.72. The molecule has 1 aromatic heterocycles. The van der Waals surface area contributed by atoms with Gasteiger partial charge >= 0.3 is 0 Å². The van der Waals surface area contributed by atoms with E-state index in [9.17, 15) is 14.9 Å². The summed E-state index contributed by atoms with van der Waals surface area (Å²) in [7, 11) is 0. The van der Waals surface area contributed by atoms with Gasteiger partial charge in [-0.3, -0.25) is 14.9 Å². The zero-order valence-corrected chi connectivity index (χ0v) is 10.2. The molecule has 0 amide bonds. The van der Waals surface area contributed by atoms with Crippen LogP contribution in [0, 0.1) is 10.1 Å². The first-order valence-electron chi connectivity index (χ1n) is 5.37. The summed E-state index contributed by atoms with van der Waals surface area (Å²) in [4.78, 5) is 22.4. The van der Waals surface area contributed by atoms with Crippen LogP contribution in [0.1, 0.15) is 0 Å². The molecule has 1 heterocycles. The number of hydrogen-bond donors (Lipinski definition) is 0. The smallest absolute Gasteiger partial charge is 0.273 e. The van der Waals surface area contributed by atoms with Gasteiger partial charge in [0.25, 0.3) is 5.69 Å². The molecule has 0 aliphatic carbocycles. The number of nitro groups is 1. The highest BCUT2D eigenvalue weighted by molar-refractivity contribution is 6.35. The lowest BCUT2D eigenvalue weighted by Crippen LogP contribution is -2.03. The molecule has 0 spiro atoms. The number of nitro benzene ring substituents is 1. The molecule has 0 fully saturated rings. The minimum atomic E-state index is -0.540. The van der Waals surface area contributed by atoms with Crippen LogP contribution in [0.2, 0.25) is 5.02 Å². The molecule has 0 N–H and O–H groups in total. The molecular formula is C13H6ClNO4. The Morgan fingerprint density at radius 3 is 2.68 bits per heavy atom. The minimum absolute atomic E-state index is 0.128. The number of nitrogens with zero attached hydrogens (tertiary/aromatic N) is 1. The van der Waals surface area contributed by atoms with Gasteiger partial charge < -0.3 is 4.42 Å². The van der Waals surface area contributed by atoms with Gasteiger partial charge in [-0.05, 0) is 18.2 Å². The van der Waals surface area contributed by atoms with Crippen LogP contribution in [0.15, 0.2) is 45.6 Å². The van der Waals surface area contributed by atoms with E-state index in [1.165, 1.54) is 18.2 Å². The van der Waals surface area contributed by atoms with E-state index in [1.807, 2.05) is 0 Å². The fourth-order valence-electron chi connectivity index (χ4n) is 1.96. The summed E-state index contributed by atoms with van der Waals surface area (Å²) < 4.78 is 5.51. The summed E-state index contributed by atoms with van der Waals surface area (Å²) in [5.41, 5.74) is 0.0632. The standard InChI is InChI=1S/C13H6ClNO4/c14-9-2-1-3-10-12(9)13(16)8-5-4-7(15(17)18)6-11(8)19-10/h1-6H. The normalized spacial score (nSPS) is 11.0. The molecular weight excluding hydrogens is 270 g/mol. The van der Waals surface area contributed by atoms with E-state index in [2.05, 4.69) is 0 Å². The minimum Gasteiger partial charge on any atom is -0.455 e. The van der Waals surface area contributed by atoms with Gasteiger partial charge in [-0.15, -0.1) is 0 Å². The Kier molecular flexibility index (Phi) is 2.50. The van der Waals surface area contributed by atoms with Crippen molar-refractivity contribution in [1.29, 1.82) is 0 Å². The summed E-state index contributed by atoms with van der Waals surface area (Å²) in [5.74, 6) is 0. The zero-order valence-electron chi connectivity index (χ0n) is 9.42. The van der Waals surface area contributed by atoms with Crippen LogP contribution in [0.25, 0.3) is 21.9 Å². The first-order valence-corrected chi connectivity index (χ1v) is 5.75. The lowest BCUT2D eigenvalue weighted by atomic mass is 10.1. The number of benzene rings is 2. The molecule has 94 valence electrons. The van der Waals surface area contributed by atoms with Crippen molar-refractivity contribution in [2.75, 3.05) is 0 Å². The summed E-state index contributed by atoms with van der Waals surface area (Å²) in [5, 5.41) is 11.6. The van der Waals surface area contributed by atoms with E-state index in [0.29, 0.717) is 10.6 Å². The van der Waals surface area contributed by atoms with Crippen LogP contribution in [0.4, 0.5) is 5.69 Å². The largest absolute Gasteiger partial charge is 0.455 e. The number of rotatable bonds is 1. The summed E-state index contributed by atoms with van der Waals surface area (Å²) in [6.45, 7) is 0. The van der Waals surface area contributed by atoms with Crippen molar-refractivity contribution < 1.29 is 9.34 Å². The van der Waals surface area contributed by atoms with E-state index in [0.717, 1.165) is 0 Å². The number of hydrogen-bond acceptors (Lipinski definition) is 4. The maximum Gasteiger partial charge on any atom is 0.273 e. The second kappa shape index (κ2) is 4.07. The third kappa shape index (κ3) is 1.75. The maximum absolute atomic E-state index is 12.3. The predicted molar refractivity (Wildman–Crippen MR) is 71.7 cm³/mol. The Hall–Kier alpha value is -2.40. The average Bonchev–Trinajstić information content (AvgIpc) is 2.38. The van der Waals surface area contributed by atoms with Crippen LogP contribution in [0.3, 0.4) is 0 Å². The van der Waals surface area contributed by atoms with E-state index in [1.54, 1.807) is 18.2 Å². The topological polar surface area (TPSA) is 73.3 Å². The molecule has 0 aliphatic heterocycles. The average molecular weight is 276 g/mol. The molecule has 3 rings (SSSR count). The summed E-state index contributed by atoms with van der Waals surface area (Å²) >= 11 is 5.98. The number of halogens is 1. The molecule has 0 saturated carbocycles.